The maximum absolute atomic E-state index is 12.5. The maximum Gasteiger partial charge on any atom is 0.251 e. The molecule has 0 aliphatic rings. The van der Waals surface area contributed by atoms with Gasteiger partial charge in [0.05, 0.1) is 6.61 Å². The van der Waals surface area contributed by atoms with E-state index in [1.165, 1.54) is 5.56 Å². The number of carbonyl (C=O) groups is 1. The molecule has 0 aliphatic carbocycles. The number of thioether (sulfide) groups is 1. The highest BCUT2D eigenvalue weighted by Crippen LogP contribution is 2.23. The van der Waals surface area contributed by atoms with Crippen molar-refractivity contribution in [2.45, 2.75) is 12.2 Å². The molecule has 0 bridgehead atoms. The van der Waals surface area contributed by atoms with Gasteiger partial charge in [-0.05, 0) is 68.0 Å². The highest BCUT2D eigenvalue weighted by molar-refractivity contribution is 7.98. The molecule has 0 unspecified atom stereocenters. The van der Waals surface area contributed by atoms with E-state index in [4.69, 9.17) is 4.74 Å². The van der Waals surface area contributed by atoms with E-state index in [9.17, 15) is 4.79 Å². The molecule has 0 aromatic heterocycles. The van der Waals surface area contributed by atoms with Crippen LogP contribution in [0.1, 0.15) is 22.3 Å². The van der Waals surface area contributed by atoms with Crippen molar-refractivity contribution in [3.63, 3.8) is 0 Å². The predicted octanol–water partition coefficient (Wildman–Crippen LogP) is 5.35. The van der Waals surface area contributed by atoms with Crippen LogP contribution in [0, 0.1) is 0 Å². The number of rotatable bonds is 12. The smallest absolute Gasteiger partial charge is 0.251 e. The van der Waals surface area contributed by atoms with Crippen molar-refractivity contribution in [2.24, 2.45) is 0 Å². The lowest BCUT2D eigenvalue weighted by molar-refractivity contribution is 0.0952. The van der Waals surface area contributed by atoms with Crippen molar-refractivity contribution in [3.8, 4) is 16.9 Å². The Kier molecular flexibility index (Phi) is 9.66. The van der Waals surface area contributed by atoms with E-state index in [0.717, 1.165) is 41.3 Å². The third kappa shape index (κ3) is 8.06. The van der Waals surface area contributed by atoms with Gasteiger partial charge in [-0.15, -0.1) is 0 Å². The van der Waals surface area contributed by atoms with Gasteiger partial charge in [-0.25, -0.2) is 0 Å². The summed E-state index contributed by atoms with van der Waals surface area (Å²) in [5.74, 6) is 2.76. The van der Waals surface area contributed by atoms with Crippen LogP contribution in [0.25, 0.3) is 11.1 Å². The third-order valence-corrected chi connectivity index (χ3v) is 5.95. The molecule has 4 nitrogen and oxygen atoms in total. The second-order valence-electron chi connectivity index (χ2n) is 7.91. The average Bonchev–Trinajstić information content (AvgIpc) is 2.82. The Bertz CT molecular complexity index is 976. The van der Waals surface area contributed by atoms with Gasteiger partial charge in [0.2, 0.25) is 0 Å². The topological polar surface area (TPSA) is 41.6 Å². The molecule has 168 valence electrons. The van der Waals surface area contributed by atoms with Crippen LogP contribution in [0.3, 0.4) is 0 Å². The Morgan fingerprint density at radius 3 is 2.47 bits per heavy atom. The molecular formula is C27H32N2O2S. The quantitative estimate of drug-likeness (QED) is 0.379. The zero-order valence-electron chi connectivity index (χ0n) is 18.9. The number of para-hydroxylation sites is 1. The normalized spacial score (nSPS) is 10.8. The summed E-state index contributed by atoms with van der Waals surface area (Å²) in [5.41, 5.74) is 4.16. The van der Waals surface area contributed by atoms with Crippen LogP contribution in [0.5, 0.6) is 5.75 Å². The fourth-order valence-corrected chi connectivity index (χ4v) is 4.07. The van der Waals surface area contributed by atoms with E-state index in [-0.39, 0.29) is 5.91 Å². The minimum absolute atomic E-state index is 0.0178. The SMILES string of the molecule is CN(C)CCCNC(=O)c1cccc(-c2cccc(CSCCOc3ccccc3)c2)c1. The van der Waals surface area contributed by atoms with Crippen LogP contribution < -0.4 is 10.1 Å². The third-order valence-electron chi connectivity index (χ3n) is 4.96. The Hall–Kier alpha value is -2.76. The summed E-state index contributed by atoms with van der Waals surface area (Å²) in [6.45, 7) is 2.34. The van der Waals surface area contributed by atoms with Gasteiger partial charge in [0.15, 0.2) is 0 Å². The van der Waals surface area contributed by atoms with Gasteiger partial charge in [0.1, 0.15) is 5.75 Å². The highest BCUT2D eigenvalue weighted by Gasteiger charge is 2.07. The first-order valence-corrected chi connectivity index (χ1v) is 12.2. The van der Waals surface area contributed by atoms with Gasteiger partial charge in [-0.1, -0.05) is 54.6 Å². The zero-order chi connectivity index (χ0) is 22.6. The van der Waals surface area contributed by atoms with Crippen LogP contribution in [-0.2, 0) is 5.75 Å². The van der Waals surface area contributed by atoms with E-state index in [2.05, 4.69) is 40.5 Å². The van der Waals surface area contributed by atoms with Crippen molar-refractivity contribution in [1.29, 1.82) is 0 Å². The summed E-state index contributed by atoms with van der Waals surface area (Å²) >= 11 is 1.86. The van der Waals surface area contributed by atoms with E-state index in [1.807, 2.05) is 74.4 Å². The Balaban J connectivity index is 1.50. The molecule has 0 heterocycles. The van der Waals surface area contributed by atoms with E-state index < -0.39 is 0 Å². The van der Waals surface area contributed by atoms with Crippen molar-refractivity contribution < 1.29 is 9.53 Å². The number of amides is 1. The summed E-state index contributed by atoms with van der Waals surface area (Å²) in [7, 11) is 4.08. The molecule has 1 N–H and O–H groups in total. The van der Waals surface area contributed by atoms with E-state index in [0.29, 0.717) is 18.7 Å². The molecule has 0 aliphatic heterocycles. The average molecular weight is 449 g/mol. The summed E-state index contributed by atoms with van der Waals surface area (Å²) in [6, 6.07) is 26.3. The van der Waals surface area contributed by atoms with E-state index in [1.54, 1.807) is 0 Å². The van der Waals surface area contributed by atoms with Gasteiger partial charge in [0, 0.05) is 23.6 Å². The molecule has 0 saturated carbocycles. The largest absolute Gasteiger partial charge is 0.493 e. The lowest BCUT2D eigenvalue weighted by Crippen LogP contribution is -2.27. The highest BCUT2D eigenvalue weighted by atomic mass is 32.2. The second-order valence-corrected chi connectivity index (χ2v) is 9.01. The Labute approximate surface area is 196 Å². The first kappa shape index (κ1) is 23.9. The minimum Gasteiger partial charge on any atom is -0.493 e. The second kappa shape index (κ2) is 12.9. The molecule has 3 rings (SSSR count). The van der Waals surface area contributed by atoms with Crippen molar-refractivity contribution in [1.82, 2.24) is 10.2 Å². The number of nitrogens with one attached hydrogen (secondary N) is 1. The number of benzene rings is 3. The Morgan fingerprint density at radius 1 is 0.938 bits per heavy atom. The minimum atomic E-state index is -0.0178. The number of carbonyl (C=O) groups excluding carboxylic acids is 1. The molecule has 0 spiro atoms. The predicted molar refractivity (Wildman–Crippen MR) is 135 cm³/mol. The molecule has 0 atom stereocenters. The van der Waals surface area contributed by atoms with Crippen molar-refractivity contribution in [3.05, 3.63) is 90.0 Å². The van der Waals surface area contributed by atoms with E-state index >= 15 is 0 Å². The first-order chi connectivity index (χ1) is 15.6. The van der Waals surface area contributed by atoms with Crippen molar-refractivity contribution in [2.75, 3.05) is 39.5 Å². The molecule has 5 heteroatoms. The molecule has 3 aromatic rings. The zero-order valence-corrected chi connectivity index (χ0v) is 19.7. The molecule has 0 radical (unpaired) electrons. The molecule has 0 saturated heterocycles. The number of hydrogen-bond acceptors (Lipinski definition) is 4. The van der Waals surface area contributed by atoms with Crippen LogP contribution in [0.2, 0.25) is 0 Å². The molecular weight excluding hydrogens is 416 g/mol. The molecule has 32 heavy (non-hydrogen) atoms. The molecule has 0 fully saturated rings. The number of nitrogens with zero attached hydrogens (tertiary/aromatic N) is 1. The van der Waals surface area contributed by atoms with Gasteiger partial charge in [0.25, 0.3) is 5.91 Å². The van der Waals surface area contributed by atoms with Gasteiger partial charge < -0.3 is 15.0 Å². The maximum atomic E-state index is 12.5. The fourth-order valence-electron chi connectivity index (χ4n) is 3.31. The van der Waals surface area contributed by atoms with Gasteiger partial charge >= 0.3 is 0 Å². The summed E-state index contributed by atoms with van der Waals surface area (Å²) in [6.07, 6.45) is 0.939. The molecule has 1 amide bonds. The van der Waals surface area contributed by atoms with Crippen LogP contribution >= 0.6 is 11.8 Å². The summed E-state index contributed by atoms with van der Waals surface area (Å²) in [5, 5.41) is 3.02. The Morgan fingerprint density at radius 2 is 1.69 bits per heavy atom. The van der Waals surface area contributed by atoms with Crippen molar-refractivity contribution >= 4 is 17.7 Å². The van der Waals surface area contributed by atoms with Crippen LogP contribution in [-0.4, -0.2) is 50.4 Å². The van der Waals surface area contributed by atoms with Crippen LogP contribution in [0.15, 0.2) is 78.9 Å². The van der Waals surface area contributed by atoms with Crippen LogP contribution in [0.4, 0.5) is 0 Å². The standard InChI is InChI=1S/C27H32N2O2S/c1-29(2)16-8-15-28-27(30)25-12-7-11-24(20-25)23-10-6-9-22(19-23)21-32-18-17-31-26-13-4-3-5-14-26/h3-7,9-14,19-20H,8,15-18,21H2,1-2H3,(H,28,30). The van der Waals surface area contributed by atoms with Gasteiger partial charge in [-0.2, -0.15) is 11.8 Å². The number of ether oxygens (including phenoxy) is 1. The lowest BCUT2D eigenvalue weighted by atomic mass is 10.0. The lowest BCUT2D eigenvalue weighted by Gasteiger charge is -2.11. The summed E-state index contributed by atoms with van der Waals surface area (Å²) < 4.78 is 5.76. The fraction of sp³-hybridized carbons (Fsp3) is 0.296. The molecule has 3 aromatic carbocycles. The number of hydrogen-bond donors (Lipinski definition) is 1. The van der Waals surface area contributed by atoms with Gasteiger partial charge in [-0.3, -0.25) is 4.79 Å². The first-order valence-electron chi connectivity index (χ1n) is 11.0. The summed E-state index contributed by atoms with van der Waals surface area (Å²) in [4.78, 5) is 14.6. The monoisotopic (exact) mass is 448 g/mol.